The van der Waals surface area contributed by atoms with Gasteiger partial charge >= 0.3 is 6.01 Å². The van der Waals surface area contributed by atoms with E-state index >= 15 is 0 Å². The Labute approximate surface area is 119 Å². The molecule has 0 aliphatic rings. The van der Waals surface area contributed by atoms with Crippen LogP contribution in [0.2, 0.25) is 5.02 Å². The van der Waals surface area contributed by atoms with Crippen molar-refractivity contribution in [3.05, 3.63) is 46.5 Å². The molecule has 0 aliphatic carbocycles. The first-order chi connectivity index (χ1) is 8.97. The second-order valence-electron chi connectivity index (χ2n) is 3.70. The minimum absolute atomic E-state index is 0.0380. The van der Waals surface area contributed by atoms with Crippen molar-refractivity contribution in [3.8, 4) is 11.8 Å². The summed E-state index contributed by atoms with van der Waals surface area (Å²) in [5.74, 6) is -0.738. The van der Waals surface area contributed by atoms with E-state index in [2.05, 4.69) is 9.97 Å². The molecule has 19 heavy (non-hydrogen) atoms. The van der Waals surface area contributed by atoms with Crippen LogP contribution >= 0.6 is 23.8 Å². The van der Waals surface area contributed by atoms with Gasteiger partial charge in [-0.3, -0.25) is 0 Å². The lowest BCUT2D eigenvalue weighted by Gasteiger charge is -2.07. The Morgan fingerprint density at radius 3 is 2.84 bits per heavy atom. The van der Waals surface area contributed by atoms with Crippen molar-refractivity contribution in [2.75, 3.05) is 0 Å². The van der Waals surface area contributed by atoms with Crippen LogP contribution < -0.4 is 10.5 Å². The SMILES string of the molecule is Cc1cc(C(N)=S)nc(Oc2cccc(Cl)c2F)n1. The van der Waals surface area contributed by atoms with Gasteiger partial charge in [-0.1, -0.05) is 29.9 Å². The van der Waals surface area contributed by atoms with Gasteiger partial charge < -0.3 is 10.5 Å². The van der Waals surface area contributed by atoms with Crippen LogP contribution in [0.25, 0.3) is 0 Å². The van der Waals surface area contributed by atoms with Gasteiger partial charge in [0.2, 0.25) is 0 Å². The van der Waals surface area contributed by atoms with Crippen molar-refractivity contribution in [2.24, 2.45) is 5.73 Å². The highest BCUT2D eigenvalue weighted by Gasteiger charge is 2.11. The minimum atomic E-state index is -0.675. The van der Waals surface area contributed by atoms with Gasteiger partial charge in [-0.05, 0) is 25.1 Å². The van der Waals surface area contributed by atoms with Crippen LogP contribution in [-0.2, 0) is 0 Å². The van der Waals surface area contributed by atoms with Gasteiger partial charge in [0.1, 0.15) is 10.7 Å². The lowest BCUT2D eigenvalue weighted by molar-refractivity contribution is 0.410. The van der Waals surface area contributed by atoms with E-state index in [1.807, 2.05) is 0 Å². The molecule has 0 saturated carbocycles. The largest absolute Gasteiger partial charge is 0.421 e. The van der Waals surface area contributed by atoms with Gasteiger partial charge in [0.05, 0.1) is 5.02 Å². The van der Waals surface area contributed by atoms with Crippen molar-refractivity contribution in [3.63, 3.8) is 0 Å². The molecule has 2 rings (SSSR count). The molecule has 0 saturated heterocycles. The van der Waals surface area contributed by atoms with Gasteiger partial charge in [-0.15, -0.1) is 0 Å². The van der Waals surface area contributed by atoms with Crippen molar-refractivity contribution in [1.29, 1.82) is 0 Å². The molecule has 1 heterocycles. The van der Waals surface area contributed by atoms with Gasteiger partial charge in [-0.25, -0.2) is 9.37 Å². The molecule has 0 fully saturated rings. The van der Waals surface area contributed by atoms with Crippen LogP contribution in [-0.4, -0.2) is 15.0 Å². The van der Waals surface area contributed by atoms with Crippen LogP contribution in [0.4, 0.5) is 4.39 Å². The minimum Gasteiger partial charge on any atom is -0.421 e. The van der Waals surface area contributed by atoms with Crippen LogP contribution in [0.3, 0.4) is 0 Å². The third kappa shape index (κ3) is 3.15. The monoisotopic (exact) mass is 297 g/mol. The Morgan fingerprint density at radius 1 is 1.42 bits per heavy atom. The Balaban J connectivity index is 2.38. The fourth-order valence-corrected chi connectivity index (χ4v) is 1.64. The average molecular weight is 298 g/mol. The lowest BCUT2D eigenvalue weighted by atomic mass is 10.3. The molecule has 1 aromatic carbocycles. The highest BCUT2D eigenvalue weighted by molar-refractivity contribution is 7.80. The molecule has 0 aliphatic heterocycles. The van der Waals surface area contributed by atoms with E-state index in [1.165, 1.54) is 12.1 Å². The van der Waals surface area contributed by atoms with Crippen molar-refractivity contribution < 1.29 is 9.13 Å². The molecule has 98 valence electrons. The van der Waals surface area contributed by atoms with E-state index in [0.717, 1.165) is 0 Å². The zero-order valence-corrected chi connectivity index (χ0v) is 11.4. The van der Waals surface area contributed by atoms with Crippen molar-refractivity contribution >= 4 is 28.8 Å². The van der Waals surface area contributed by atoms with E-state index in [0.29, 0.717) is 11.4 Å². The summed E-state index contributed by atoms with van der Waals surface area (Å²) in [7, 11) is 0. The maximum Gasteiger partial charge on any atom is 0.322 e. The fourth-order valence-electron chi connectivity index (χ4n) is 1.37. The molecule has 0 spiro atoms. The maximum absolute atomic E-state index is 13.7. The Morgan fingerprint density at radius 2 is 2.16 bits per heavy atom. The zero-order chi connectivity index (χ0) is 14.0. The predicted molar refractivity (Wildman–Crippen MR) is 74.1 cm³/mol. The molecular weight excluding hydrogens is 289 g/mol. The summed E-state index contributed by atoms with van der Waals surface area (Å²) in [6, 6.07) is 5.98. The van der Waals surface area contributed by atoms with E-state index in [4.69, 9.17) is 34.3 Å². The molecule has 2 N–H and O–H groups in total. The van der Waals surface area contributed by atoms with Crippen LogP contribution in [0, 0.1) is 12.7 Å². The number of ether oxygens (including phenoxy) is 1. The molecule has 1 aromatic heterocycles. The summed E-state index contributed by atoms with van der Waals surface area (Å²) in [5, 5.41) is -0.0419. The second kappa shape index (κ2) is 5.46. The predicted octanol–water partition coefficient (Wildman–Crippen LogP) is 3.00. The number of rotatable bonds is 3. The molecule has 0 radical (unpaired) electrons. The van der Waals surface area contributed by atoms with Crippen LogP contribution in [0.15, 0.2) is 24.3 Å². The number of aryl methyl sites for hydroxylation is 1. The first-order valence-corrected chi connectivity index (χ1v) is 6.03. The second-order valence-corrected chi connectivity index (χ2v) is 4.54. The number of nitrogens with zero attached hydrogens (tertiary/aromatic N) is 2. The molecule has 0 unspecified atom stereocenters. The molecule has 0 amide bonds. The smallest absolute Gasteiger partial charge is 0.322 e. The highest BCUT2D eigenvalue weighted by atomic mass is 35.5. The summed E-state index contributed by atoms with van der Waals surface area (Å²) in [6.07, 6.45) is 0. The summed E-state index contributed by atoms with van der Waals surface area (Å²) < 4.78 is 18.9. The third-order valence-electron chi connectivity index (χ3n) is 2.20. The Bertz CT molecular complexity index is 651. The van der Waals surface area contributed by atoms with Crippen molar-refractivity contribution in [2.45, 2.75) is 6.92 Å². The number of benzene rings is 1. The topological polar surface area (TPSA) is 61.0 Å². The molecule has 2 aromatic rings. The summed E-state index contributed by atoms with van der Waals surface area (Å²) in [6.45, 7) is 1.73. The highest BCUT2D eigenvalue weighted by Crippen LogP contribution is 2.27. The first-order valence-electron chi connectivity index (χ1n) is 5.24. The maximum atomic E-state index is 13.7. The number of nitrogens with two attached hydrogens (primary N) is 1. The van der Waals surface area contributed by atoms with E-state index in [-0.39, 0.29) is 21.8 Å². The number of halogens is 2. The molecule has 0 atom stereocenters. The van der Waals surface area contributed by atoms with Crippen LogP contribution in [0.5, 0.6) is 11.8 Å². The van der Waals surface area contributed by atoms with Gasteiger partial charge in [0.25, 0.3) is 0 Å². The molecular formula is C12H9ClFN3OS. The van der Waals surface area contributed by atoms with Gasteiger partial charge in [-0.2, -0.15) is 4.98 Å². The summed E-state index contributed by atoms with van der Waals surface area (Å²) in [5.41, 5.74) is 6.46. The van der Waals surface area contributed by atoms with Gasteiger partial charge in [0.15, 0.2) is 11.6 Å². The first kappa shape index (κ1) is 13.6. The van der Waals surface area contributed by atoms with E-state index in [9.17, 15) is 4.39 Å². The molecule has 7 heteroatoms. The third-order valence-corrected chi connectivity index (χ3v) is 2.70. The molecule has 0 bridgehead atoms. The van der Waals surface area contributed by atoms with Gasteiger partial charge in [0, 0.05) is 5.69 Å². The number of hydrogen-bond donors (Lipinski definition) is 1. The number of aromatic nitrogens is 2. The van der Waals surface area contributed by atoms with E-state index < -0.39 is 5.82 Å². The molecule has 4 nitrogen and oxygen atoms in total. The quantitative estimate of drug-likeness (QED) is 0.883. The van der Waals surface area contributed by atoms with E-state index in [1.54, 1.807) is 19.1 Å². The van der Waals surface area contributed by atoms with Crippen LogP contribution in [0.1, 0.15) is 11.4 Å². The number of thiocarbonyl (C=S) groups is 1. The normalized spacial score (nSPS) is 10.3. The Hall–Kier alpha value is -1.79. The fraction of sp³-hybridized carbons (Fsp3) is 0.0833. The summed E-state index contributed by atoms with van der Waals surface area (Å²) in [4.78, 5) is 8.13. The zero-order valence-electron chi connectivity index (χ0n) is 9.85. The standard InChI is InChI=1S/C12H9ClFN3OS/c1-6-5-8(11(15)19)17-12(16-6)18-9-4-2-3-7(13)10(9)14/h2-5H,1H3,(H2,15,19). The lowest BCUT2D eigenvalue weighted by Crippen LogP contribution is -2.13. The average Bonchev–Trinajstić information content (AvgIpc) is 2.34. The van der Waals surface area contributed by atoms with Crippen molar-refractivity contribution in [1.82, 2.24) is 9.97 Å². The summed E-state index contributed by atoms with van der Waals surface area (Å²) >= 11 is 10.5. The Kier molecular flexibility index (Phi) is 3.92. The number of hydrogen-bond acceptors (Lipinski definition) is 4.